The third-order valence-electron chi connectivity index (χ3n) is 4.62. The van der Waals surface area contributed by atoms with Crippen molar-refractivity contribution in [1.29, 1.82) is 0 Å². The van der Waals surface area contributed by atoms with E-state index in [1.54, 1.807) is 6.20 Å². The Hall–Kier alpha value is -1.77. The second kappa shape index (κ2) is 6.79. The summed E-state index contributed by atoms with van der Waals surface area (Å²) in [4.78, 5) is 3.99. The molecule has 0 radical (unpaired) electrons. The number of aromatic nitrogens is 1. The van der Waals surface area contributed by atoms with Crippen LogP contribution in [0.25, 0.3) is 11.3 Å². The Balaban J connectivity index is 1.66. The van der Waals surface area contributed by atoms with Crippen LogP contribution in [-0.4, -0.2) is 11.0 Å². The molecule has 1 fully saturated rings. The van der Waals surface area contributed by atoms with E-state index in [2.05, 4.69) is 41.5 Å². The molecule has 2 aromatic rings. The molecular weight excluding hydrogens is 260 g/mol. The fourth-order valence-electron chi connectivity index (χ4n) is 3.29. The van der Waals surface area contributed by atoms with Crippen LogP contribution < -0.4 is 5.32 Å². The zero-order valence-corrected chi connectivity index (χ0v) is 12.7. The summed E-state index contributed by atoms with van der Waals surface area (Å²) in [6, 6.07) is 9.04. The topological polar surface area (TPSA) is 38.1 Å². The number of hydrogen-bond donors (Lipinski definition) is 1. The van der Waals surface area contributed by atoms with Crippen molar-refractivity contribution < 1.29 is 4.42 Å². The third-order valence-corrected chi connectivity index (χ3v) is 4.62. The molecule has 1 aromatic carbocycles. The van der Waals surface area contributed by atoms with Crippen LogP contribution in [0.5, 0.6) is 0 Å². The summed E-state index contributed by atoms with van der Waals surface area (Å²) in [5.74, 6) is 1.75. The lowest BCUT2D eigenvalue weighted by molar-refractivity contribution is 0.444. The lowest BCUT2D eigenvalue weighted by Gasteiger charge is -2.18. The number of nitrogens with one attached hydrogen (secondary N) is 1. The van der Waals surface area contributed by atoms with Crippen molar-refractivity contribution in [2.24, 2.45) is 5.92 Å². The Labute approximate surface area is 126 Å². The molecule has 112 valence electrons. The average molecular weight is 284 g/mol. The zero-order valence-electron chi connectivity index (χ0n) is 12.7. The molecule has 0 amide bonds. The zero-order chi connectivity index (χ0) is 14.5. The van der Waals surface area contributed by atoms with Gasteiger partial charge in [0.1, 0.15) is 0 Å². The number of oxazole rings is 1. The SMILES string of the molecule is CCC1CCCC(Nc2cccc(-c3cnco3)c2)CC1. The number of hydrogen-bond acceptors (Lipinski definition) is 3. The summed E-state index contributed by atoms with van der Waals surface area (Å²) in [6.45, 7) is 2.32. The summed E-state index contributed by atoms with van der Waals surface area (Å²) in [7, 11) is 0. The monoisotopic (exact) mass is 284 g/mol. The van der Waals surface area contributed by atoms with Gasteiger partial charge in [0.2, 0.25) is 0 Å². The normalized spacial score (nSPS) is 22.7. The van der Waals surface area contributed by atoms with Crippen LogP contribution in [0.15, 0.2) is 41.3 Å². The van der Waals surface area contributed by atoms with Crippen LogP contribution >= 0.6 is 0 Å². The second-order valence-corrected chi connectivity index (χ2v) is 6.07. The van der Waals surface area contributed by atoms with Gasteiger partial charge in [0.15, 0.2) is 12.2 Å². The third kappa shape index (κ3) is 3.66. The minimum absolute atomic E-state index is 0.603. The smallest absolute Gasteiger partial charge is 0.181 e. The highest BCUT2D eigenvalue weighted by atomic mass is 16.3. The van der Waals surface area contributed by atoms with Crippen LogP contribution in [0.2, 0.25) is 0 Å². The van der Waals surface area contributed by atoms with Crippen molar-refractivity contribution in [2.45, 2.75) is 51.5 Å². The number of anilines is 1. The van der Waals surface area contributed by atoms with Crippen LogP contribution in [0.4, 0.5) is 5.69 Å². The van der Waals surface area contributed by atoms with Gasteiger partial charge in [-0.15, -0.1) is 0 Å². The fourth-order valence-corrected chi connectivity index (χ4v) is 3.29. The van der Waals surface area contributed by atoms with Gasteiger partial charge in [0.05, 0.1) is 6.20 Å². The molecule has 0 aliphatic heterocycles. The molecule has 2 unspecified atom stereocenters. The van der Waals surface area contributed by atoms with Gasteiger partial charge in [-0.25, -0.2) is 4.98 Å². The molecular formula is C18H24N2O. The Kier molecular flexibility index (Phi) is 4.59. The minimum atomic E-state index is 0.603. The van der Waals surface area contributed by atoms with E-state index in [0.29, 0.717) is 6.04 Å². The highest BCUT2D eigenvalue weighted by molar-refractivity contribution is 5.63. The quantitative estimate of drug-likeness (QED) is 0.792. The van der Waals surface area contributed by atoms with Crippen LogP contribution in [0.1, 0.15) is 45.4 Å². The van der Waals surface area contributed by atoms with Crippen molar-refractivity contribution in [3.05, 3.63) is 36.9 Å². The first kappa shape index (κ1) is 14.2. The average Bonchev–Trinajstić information content (AvgIpc) is 2.96. The summed E-state index contributed by atoms with van der Waals surface area (Å²) < 4.78 is 5.37. The van der Waals surface area contributed by atoms with Crippen molar-refractivity contribution in [3.8, 4) is 11.3 Å². The Morgan fingerprint density at radius 1 is 1.24 bits per heavy atom. The van der Waals surface area contributed by atoms with Crippen LogP contribution in [-0.2, 0) is 0 Å². The summed E-state index contributed by atoms with van der Waals surface area (Å²) in [5, 5.41) is 3.71. The first-order valence-electron chi connectivity index (χ1n) is 8.10. The van der Waals surface area contributed by atoms with Crippen molar-refractivity contribution in [3.63, 3.8) is 0 Å². The van der Waals surface area contributed by atoms with Gasteiger partial charge >= 0.3 is 0 Å². The molecule has 0 bridgehead atoms. The number of rotatable bonds is 4. The lowest BCUT2D eigenvalue weighted by Crippen LogP contribution is -2.18. The maximum Gasteiger partial charge on any atom is 0.181 e. The minimum Gasteiger partial charge on any atom is -0.444 e. The molecule has 21 heavy (non-hydrogen) atoms. The van der Waals surface area contributed by atoms with E-state index in [1.165, 1.54) is 50.6 Å². The molecule has 0 saturated heterocycles. The van der Waals surface area contributed by atoms with Crippen LogP contribution in [0.3, 0.4) is 0 Å². The van der Waals surface area contributed by atoms with Crippen molar-refractivity contribution >= 4 is 5.69 Å². The molecule has 1 saturated carbocycles. The molecule has 1 heterocycles. The maximum absolute atomic E-state index is 5.37. The van der Waals surface area contributed by atoms with Crippen molar-refractivity contribution in [2.75, 3.05) is 5.32 Å². The molecule has 1 aliphatic rings. The van der Waals surface area contributed by atoms with E-state index in [1.807, 2.05) is 0 Å². The molecule has 1 N–H and O–H groups in total. The van der Waals surface area contributed by atoms with E-state index in [4.69, 9.17) is 4.42 Å². The molecule has 2 atom stereocenters. The van der Waals surface area contributed by atoms with Crippen molar-refractivity contribution in [1.82, 2.24) is 4.98 Å². The molecule has 0 spiro atoms. The maximum atomic E-state index is 5.37. The van der Waals surface area contributed by atoms with E-state index < -0.39 is 0 Å². The van der Waals surface area contributed by atoms with Gasteiger partial charge in [0, 0.05) is 17.3 Å². The molecule has 3 rings (SSSR count). The van der Waals surface area contributed by atoms with Gasteiger partial charge < -0.3 is 9.73 Å². The van der Waals surface area contributed by atoms with Gasteiger partial charge in [-0.05, 0) is 37.3 Å². The van der Waals surface area contributed by atoms with Gasteiger partial charge in [-0.1, -0.05) is 38.3 Å². The highest BCUT2D eigenvalue weighted by Crippen LogP contribution is 2.28. The molecule has 1 aromatic heterocycles. The Morgan fingerprint density at radius 2 is 2.19 bits per heavy atom. The first-order valence-corrected chi connectivity index (χ1v) is 8.10. The van der Waals surface area contributed by atoms with Gasteiger partial charge in [-0.2, -0.15) is 0 Å². The van der Waals surface area contributed by atoms with Crippen LogP contribution in [0, 0.1) is 5.92 Å². The van der Waals surface area contributed by atoms with E-state index in [9.17, 15) is 0 Å². The second-order valence-electron chi connectivity index (χ2n) is 6.07. The van der Waals surface area contributed by atoms with Gasteiger partial charge in [0.25, 0.3) is 0 Å². The number of benzene rings is 1. The molecule has 3 nitrogen and oxygen atoms in total. The lowest BCUT2D eigenvalue weighted by atomic mass is 9.98. The predicted octanol–water partition coefficient (Wildman–Crippen LogP) is 5.11. The standard InChI is InChI=1S/C18H24N2O/c1-2-14-5-3-7-16(10-9-14)20-17-8-4-6-15(11-17)18-12-19-13-21-18/h4,6,8,11-14,16,20H,2-3,5,7,9-10H2,1H3. The van der Waals surface area contributed by atoms with E-state index in [0.717, 1.165) is 17.2 Å². The van der Waals surface area contributed by atoms with E-state index in [-0.39, 0.29) is 0 Å². The summed E-state index contributed by atoms with van der Waals surface area (Å²) in [6.07, 6.45) is 11.2. The molecule has 3 heteroatoms. The molecule has 1 aliphatic carbocycles. The Morgan fingerprint density at radius 3 is 3.00 bits per heavy atom. The van der Waals surface area contributed by atoms with Gasteiger partial charge in [-0.3, -0.25) is 0 Å². The van der Waals surface area contributed by atoms with E-state index >= 15 is 0 Å². The summed E-state index contributed by atoms with van der Waals surface area (Å²) in [5.41, 5.74) is 2.27. The Bertz CT molecular complexity index is 550. The highest BCUT2D eigenvalue weighted by Gasteiger charge is 2.17. The largest absolute Gasteiger partial charge is 0.444 e. The fraction of sp³-hybridized carbons (Fsp3) is 0.500. The first-order chi connectivity index (χ1) is 10.3. The summed E-state index contributed by atoms with van der Waals surface area (Å²) >= 11 is 0. The number of nitrogens with zero attached hydrogens (tertiary/aromatic N) is 1. The predicted molar refractivity (Wildman–Crippen MR) is 86.2 cm³/mol.